The van der Waals surface area contributed by atoms with E-state index >= 15 is 0 Å². The molecule has 1 unspecified atom stereocenters. The van der Waals surface area contributed by atoms with E-state index in [0.717, 1.165) is 12.1 Å². The summed E-state index contributed by atoms with van der Waals surface area (Å²) in [6.45, 7) is 0.113. The topological polar surface area (TPSA) is 49.4 Å². The van der Waals surface area contributed by atoms with E-state index in [2.05, 4.69) is 5.32 Å². The van der Waals surface area contributed by atoms with Crippen LogP contribution in [0, 0.1) is 11.7 Å². The highest BCUT2D eigenvalue weighted by Gasteiger charge is 2.35. The molecule has 3 rings (SSSR count). The predicted octanol–water partition coefficient (Wildman–Crippen LogP) is 3.51. The smallest absolute Gasteiger partial charge is 0.352 e. The van der Waals surface area contributed by atoms with E-state index in [1.54, 1.807) is 18.2 Å². The van der Waals surface area contributed by atoms with Gasteiger partial charge in [0.05, 0.1) is 11.5 Å². The minimum atomic E-state index is -4.46. The van der Waals surface area contributed by atoms with Crippen molar-refractivity contribution in [1.29, 1.82) is 0 Å². The van der Waals surface area contributed by atoms with E-state index in [4.69, 9.17) is 0 Å². The van der Waals surface area contributed by atoms with Crippen molar-refractivity contribution in [1.82, 2.24) is 10.2 Å². The van der Waals surface area contributed by atoms with E-state index in [-0.39, 0.29) is 37.9 Å². The van der Waals surface area contributed by atoms with Crippen molar-refractivity contribution in [2.45, 2.75) is 25.7 Å². The number of amides is 2. The molecule has 0 saturated carbocycles. The monoisotopic (exact) mass is 394 g/mol. The molecule has 0 aliphatic carbocycles. The van der Waals surface area contributed by atoms with Crippen LogP contribution < -0.4 is 5.32 Å². The number of carbonyl (C=O) groups is 2. The summed E-state index contributed by atoms with van der Waals surface area (Å²) in [5.41, 5.74) is -0.104. The Morgan fingerprint density at radius 1 is 1.14 bits per heavy atom. The second-order valence-electron chi connectivity index (χ2n) is 6.68. The van der Waals surface area contributed by atoms with Gasteiger partial charge in [0.25, 0.3) is 0 Å². The second-order valence-corrected chi connectivity index (χ2v) is 6.68. The third-order valence-electron chi connectivity index (χ3n) is 4.62. The molecule has 1 aliphatic rings. The Morgan fingerprint density at radius 2 is 1.89 bits per heavy atom. The van der Waals surface area contributed by atoms with E-state index in [0.29, 0.717) is 11.1 Å². The Bertz CT molecular complexity index is 883. The first-order valence-electron chi connectivity index (χ1n) is 8.69. The quantitative estimate of drug-likeness (QED) is 0.789. The van der Waals surface area contributed by atoms with Crippen molar-refractivity contribution < 1.29 is 27.2 Å². The summed E-state index contributed by atoms with van der Waals surface area (Å²) < 4.78 is 52.1. The SMILES string of the molecule is O=C(NCc1ccccc1F)C1CC(=O)N(Cc2cccc(C(F)(F)F)c2)C1. The Morgan fingerprint density at radius 3 is 2.61 bits per heavy atom. The van der Waals surface area contributed by atoms with Crippen LogP contribution in [0.3, 0.4) is 0 Å². The number of nitrogens with zero attached hydrogens (tertiary/aromatic N) is 1. The van der Waals surface area contributed by atoms with Crippen LogP contribution >= 0.6 is 0 Å². The normalized spacial score (nSPS) is 17.1. The molecule has 4 nitrogen and oxygen atoms in total. The van der Waals surface area contributed by atoms with Gasteiger partial charge < -0.3 is 10.2 Å². The average molecular weight is 394 g/mol. The standard InChI is InChI=1S/C20H18F4N2O2/c21-17-7-2-1-5-14(17)10-25-19(28)15-9-18(27)26(12-15)11-13-4-3-6-16(8-13)20(22,23)24/h1-8,15H,9-12H2,(H,25,28). The van der Waals surface area contributed by atoms with Gasteiger partial charge in [0.2, 0.25) is 11.8 Å². The Balaban J connectivity index is 1.59. The van der Waals surface area contributed by atoms with Gasteiger partial charge in [0, 0.05) is 31.6 Å². The second kappa shape index (κ2) is 8.00. The lowest BCUT2D eigenvalue weighted by Crippen LogP contribution is -2.32. The van der Waals surface area contributed by atoms with Crippen molar-refractivity contribution in [2.24, 2.45) is 5.92 Å². The number of rotatable bonds is 5. The Labute approximate surface area is 159 Å². The van der Waals surface area contributed by atoms with Crippen LogP contribution in [0.1, 0.15) is 23.1 Å². The first kappa shape index (κ1) is 19.9. The summed E-state index contributed by atoms with van der Waals surface area (Å²) in [7, 11) is 0. The maximum Gasteiger partial charge on any atom is 0.416 e. The maximum atomic E-state index is 13.6. The van der Waals surface area contributed by atoms with Gasteiger partial charge in [0.1, 0.15) is 5.82 Å². The largest absolute Gasteiger partial charge is 0.416 e. The molecule has 2 aromatic rings. The van der Waals surface area contributed by atoms with Gasteiger partial charge in [0.15, 0.2) is 0 Å². The van der Waals surface area contributed by atoms with Gasteiger partial charge in [-0.15, -0.1) is 0 Å². The van der Waals surface area contributed by atoms with Crippen molar-refractivity contribution in [2.75, 3.05) is 6.54 Å². The zero-order valence-corrected chi connectivity index (χ0v) is 14.8. The highest BCUT2D eigenvalue weighted by Crippen LogP contribution is 2.30. The van der Waals surface area contributed by atoms with Gasteiger partial charge in [-0.1, -0.05) is 30.3 Å². The maximum absolute atomic E-state index is 13.6. The molecular weight excluding hydrogens is 376 g/mol. The molecular formula is C20H18F4N2O2. The van der Waals surface area contributed by atoms with E-state index in [9.17, 15) is 27.2 Å². The van der Waals surface area contributed by atoms with Gasteiger partial charge in [-0.3, -0.25) is 9.59 Å². The van der Waals surface area contributed by atoms with Crippen LogP contribution in [0.25, 0.3) is 0 Å². The number of alkyl halides is 3. The summed E-state index contributed by atoms with van der Waals surface area (Å²) in [6.07, 6.45) is -4.48. The molecule has 1 saturated heterocycles. The van der Waals surface area contributed by atoms with Crippen LogP contribution in [-0.4, -0.2) is 23.3 Å². The molecule has 2 aromatic carbocycles. The molecule has 0 spiro atoms. The number of halogens is 4. The lowest BCUT2D eigenvalue weighted by molar-refractivity contribution is -0.137. The number of hydrogen-bond acceptors (Lipinski definition) is 2. The summed E-state index contributed by atoms with van der Waals surface area (Å²) in [5.74, 6) is -1.74. The molecule has 0 bridgehead atoms. The Hall–Kier alpha value is -2.90. The van der Waals surface area contributed by atoms with Crippen LogP contribution in [0.15, 0.2) is 48.5 Å². The molecule has 2 amide bonds. The molecule has 1 fully saturated rings. The van der Waals surface area contributed by atoms with E-state index in [1.807, 2.05) is 0 Å². The van der Waals surface area contributed by atoms with Gasteiger partial charge >= 0.3 is 6.18 Å². The van der Waals surface area contributed by atoms with Crippen LogP contribution in [0.2, 0.25) is 0 Å². The molecule has 1 aliphatic heterocycles. The molecule has 1 heterocycles. The zero-order valence-electron chi connectivity index (χ0n) is 14.8. The Kier molecular flexibility index (Phi) is 5.67. The highest BCUT2D eigenvalue weighted by molar-refractivity contribution is 5.89. The van der Waals surface area contributed by atoms with Gasteiger partial charge in [-0.2, -0.15) is 13.2 Å². The first-order chi connectivity index (χ1) is 13.2. The van der Waals surface area contributed by atoms with Crippen molar-refractivity contribution in [3.8, 4) is 0 Å². The van der Waals surface area contributed by atoms with Crippen LogP contribution in [0.4, 0.5) is 17.6 Å². The molecule has 8 heteroatoms. The first-order valence-corrected chi connectivity index (χ1v) is 8.69. The van der Waals surface area contributed by atoms with E-state index < -0.39 is 23.5 Å². The molecule has 28 heavy (non-hydrogen) atoms. The fourth-order valence-corrected chi connectivity index (χ4v) is 3.14. The molecule has 148 valence electrons. The van der Waals surface area contributed by atoms with E-state index in [1.165, 1.54) is 23.1 Å². The molecule has 0 aromatic heterocycles. The van der Waals surface area contributed by atoms with Crippen LogP contribution in [0.5, 0.6) is 0 Å². The molecule has 1 atom stereocenters. The number of hydrogen-bond donors (Lipinski definition) is 1. The molecule has 0 radical (unpaired) electrons. The van der Waals surface area contributed by atoms with Crippen LogP contribution in [-0.2, 0) is 28.9 Å². The minimum Gasteiger partial charge on any atom is -0.352 e. The van der Waals surface area contributed by atoms with Crippen molar-refractivity contribution >= 4 is 11.8 Å². The highest BCUT2D eigenvalue weighted by atomic mass is 19.4. The summed E-state index contributed by atoms with van der Waals surface area (Å²) >= 11 is 0. The number of benzene rings is 2. The summed E-state index contributed by atoms with van der Waals surface area (Å²) in [4.78, 5) is 25.8. The van der Waals surface area contributed by atoms with Gasteiger partial charge in [-0.05, 0) is 23.8 Å². The predicted molar refractivity (Wildman–Crippen MR) is 93.2 cm³/mol. The third kappa shape index (κ3) is 4.68. The fourth-order valence-electron chi connectivity index (χ4n) is 3.14. The molecule has 1 N–H and O–H groups in total. The number of likely N-dealkylation sites (tertiary alicyclic amines) is 1. The van der Waals surface area contributed by atoms with Gasteiger partial charge in [-0.25, -0.2) is 4.39 Å². The van der Waals surface area contributed by atoms with Crippen molar-refractivity contribution in [3.63, 3.8) is 0 Å². The average Bonchev–Trinajstić information content (AvgIpc) is 3.01. The minimum absolute atomic E-state index is 0.000152. The number of nitrogens with one attached hydrogen (secondary N) is 1. The lowest BCUT2D eigenvalue weighted by Gasteiger charge is -2.17. The number of carbonyl (C=O) groups excluding carboxylic acids is 2. The fraction of sp³-hybridized carbons (Fsp3) is 0.300. The summed E-state index contributed by atoms with van der Waals surface area (Å²) in [6, 6.07) is 10.8. The third-order valence-corrected chi connectivity index (χ3v) is 4.62. The van der Waals surface area contributed by atoms with Crippen molar-refractivity contribution in [3.05, 3.63) is 71.0 Å². The lowest BCUT2D eigenvalue weighted by atomic mass is 10.1. The zero-order chi connectivity index (χ0) is 20.3. The summed E-state index contributed by atoms with van der Waals surface area (Å²) in [5, 5.41) is 2.61.